The molecule has 0 amide bonds. The quantitative estimate of drug-likeness (QED) is 0.775. The Labute approximate surface area is 90.8 Å². The summed E-state index contributed by atoms with van der Waals surface area (Å²) in [4.78, 5) is 10.6. The second-order valence-electron chi connectivity index (χ2n) is 3.73. The van der Waals surface area contributed by atoms with Gasteiger partial charge in [-0.3, -0.25) is 4.79 Å². The number of hydrogen-bond acceptors (Lipinski definition) is 3. The molecule has 0 aromatic carbocycles. The van der Waals surface area contributed by atoms with Gasteiger partial charge in [0.1, 0.15) is 6.04 Å². The molecule has 0 aromatic heterocycles. The molecule has 2 unspecified atom stereocenters. The normalized spacial score (nSPS) is 26.7. The first-order valence-electron chi connectivity index (χ1n) is 5.03. The number of halogens is 3. The molecule has 1 saturated heterocycles. The number of carboxylic acid groups (broad SMARTS) is 1. The monoisotopic (exact) mass is 241 g/mol. The average molecular weight is 241 g/mol. The zero-order valence-electron chi connectivity index (χ0n) is 8.59. The minimum atomic E-state index is -4.22. The van der Waals surface area contributed by atoms with Crippen molar-refractivity contribution in [1.82, 2.24) is 5.32 Å². The van der Waals surface area contributed by atoms with Crippen molar-refractivity contribution in [1.29, 1.82) is 0 Å². The van der Waals surface area contributed by atoms with E-state index in [1.165, 1.54) is 0 Å². The molecule has 1 aliphatic heterocycles. The Kier molecular flexibility index (Phi) is 4.55. The number of rotatable bonds is 4. The second kappa shape index (κ2) is 5.49. The minimum Gasteiger partial charge on any atom is -0.480 e. The molecule has 0 bridgehead atoms. The van der Waals surface area contributed by atoms with E-state index in [1.807, 2.05) is 0 Å². The van der Waals surface area contributed by atoms with Crippen molar-refractivity contribution >= 4 is 5.97 Å². The molecule has 1 heterocycles. The summed E-state index contributed by atoms with van der Waals surface area (Å²) >= 11 is 0. The van der Waals surface area contributed by atoms with Crippen LogP contribution in [0.1, 0.15) is 19.3 Å². The van der Waals surface area contributed by atoms with E-state index in [2.05, 4.69) is 5.32 Å². The SMILES string of the molecule is O=C(O)C1CC(OCCC(F)(F)F)CCN1. The smallest absolute Gasteiger partial charge is 0.391 e. The second-order valence-corrected chi connectivity index (χ2v) is 3.73. The maximum Gasteiger partial charge on any atom is 0.391 e. The molecule has 94 valence electrons. The first-order valence-corrected chi connectivity index (χ1v) is 5.03. The van der Waals surface area contributed by atoms with Gasteiger partial charge in [-0.1, -0.05) is 0 Å². The van der Waals surface area contributed by atoms with Crippen LogP contribution in [0, 0.1) is 0 Å². The van der Waals surface area contributed by atoms with E-state index in [-0.39, 0.29) is 6.42 Å². The topological polar surface area (TPSA) is 58.6 Å². The fraction of sp³-hybridized carbons (Fsp3) is 0.889. The lowest BCUT2D eigenvalue weighted by Gasteiger charge is -2.27. The molecule has 0 aromatic rings. The van der Waals surface area contributed by atoms with E-state index >= 15 is 0 Å². The lowest BCUT2D eigenvalue weighted by molar-refractivity contribution is -0.153. The van der Waals surface area contributed by atoms with Gasteiger partial charge in [0, 0.05) is 0 Å². The Morgan fingerprint density at radius 1 is 1.50 bits per heavy atom. The number of hydrogen-bond donors (Lipinski definition) is 2. The van der Waals surface area contributed by atoms with Crippen molar-refractivity contribution in [3.63, 3.8) is 0 Å². The molecule has 2 N–H and O–H groups in total. The van der Waals surface area contributed by atoms with Crippen LogP contribution >= 0.6 is 0 Å². The maximum absolute atomic E-state index is 11.8. The standard InChI is InChI=1S/C9H14F3NO3/c10-9(11,12)2-4-16-6-1-3-13-7(5-6)8(14)15/h6-7,13H,1-5H2,(H,14,15). The first kappa shape index (κ1) is 13.2. The van der Waals surface area contributed by atoms with Crippen LogP contribution in [0.4, 0.5) is 13.2 Å². The highest BCUT2D eigenvalue weighted by Gasteiger charge is 2.30. The van der Waals surface area contributed by atoms with E-state index < -0.39 is 37.3 Å². The largest absolute Gasteiger partial charge is 0.480 e. The van der Waals surface area contributed by atoms with Crippen LogP contribution in [0.5, 0.6) is 0 Å². The summed E-state index contributed by atoms with van der Waals surface area (Å²) in [6.07, 6.45) is -4.85. The summed E-state index contributed by atoms with van der Waals surface area (Å²) in [5.74, 6) is -0.996. The summed E-state index contributed by atoms with van der Waals surface area (Å²) in [6, 6.07) is -0.718. The van der Waals surface area contributed by atoms with Gasteiger partial charge in [-0.2, -0.15) is 13.2 Å². The van der Waals surface area contributed by atoms with Crippen molar-refractivity contribution < 1.29 is 27.8 Å². The highest BCUT2D eigenvalue weighted by molar-refractivity contribution is 5.73. The molecule has 1 rings (SSSR count). The van der Waals surface area contributed by atoms with Gasteiger partial charge < -0.3 is 15.2 Å². The molecule has 4 nitrogen and oxygen atoms in total. The van der Waals surface area contributed by atoms with Crippen LogP contribution in [0.15, 0.2) is 0 Å². The number of alkyl halides is 3. The molecule has 2 atom stereocenters. The fourth-order valence-corrected chi connectivity index (χ4v) is 1.56. The van der Waals surface area contributed by atoms with Gasteiger partial charge in [0.2, 0.25) is 0 Å². The third-order valence-corrected chi connectivity index (χ3v) is 2.39. The number of carbonyl (C=O) groups is 1. The molecule has 16 heavy (non-hydrogen) atoms. The van der Waals surface area contributed by atoms with Crippen molar-refractivity contribution in [3.8, 4) is 0 Å². The van der Waals surface area contributed by atoms with Crippen LogP contribution < -0.4 is 5.32 Å². The Hall–Kier alpha value is -0.820. The molecule has 0 radical (unpaired) electrons. The van der Waals surface area contributed by atoms with Crippen molar-refractivity contribution in [2.45, 2.75) is 37.6 Å². The van der Waals surface area contributed by atoms with Crippen LogP contribution in [0.2, 0.25) is 0 Å². The zero-order chi connectivity index (χ0) is 12.2. The van der Waals surface area contributed by atoms with E-state index in [1.54, 1.807) is 0 Å². The molecule has 0 aliphatic carbocycles. The Balaban J connectivity index is 2.24. The van der Waals surface area contributed by atoms with Crippen molar-refractivity contribution in [2.24, 2.45) is 0 Å². The van der Waals surface area contributed by atoms with E-state index in [0.717, 1.165) is 0 Å². The number of carboxylic acids is 1. The average Bonchev–Trinajstić information content (AvgIpc) is 2.16. The molecular weight excluding hydrogens is 227 g/mol. The van der Waals surface area contributed by atoms with Crippen LogP contribution in [0.3, 0.4) is 0 Å². The lowest BCUT2D eigenvalue weighted by atomic mass is 10.0. The Morgan fingerprint density at radius 2 is 2.19 bits per heavy atom. The molecule has 0 spiro atoms. The van der Waals surface area contributed by atoms with Crippen LogP contribution in [-0.4, -0.2) is 42.5 Å². The summed E-state index contributed by atoms with van der Waals surface area (Å²) in [6.45, 7) is 0.0498. The predicted octanol–water partition coefficient (Wildman–Crippen LogP) is 1.16. The van der Waals surface area contributed by atoms with Crippen LogP contribution in [0.25, 0.3) is 0 Å². The van der Waals surface area contributed by atoms with Gasteiger partial charge >= 0.3 is 12.1 Å². The molecule has 1 aliphatic rings. The van der Waals surface area contributed by atoms with E-state index in [4.69, 9.17) is 9.84 Å². The van der Waals surface area contributed by atoms with E-state index in [0.29, 0.717) is 13.0 Å². The maximum atomic E-state index is 11.8. The zero-order valence-corrected chi connectivity index (χ0v) is 8.59. The number of ether oxygens (including phenoxy) is 1. The van der Waals surface area contributed by atoms with Gasteiger partial charge in [0.15, 0.2) is 0 Å². The Morgan fingerprint density at radius 3 is 2.75 bits per heavy atom. The van der Waals surface area contributed by atoms with Gasteiger partial charge in [-0.25, -0.2) is 0 Å². The summed E-state index contributed by atoms with van der Waals surface area (Å²) < 4.78 is 40.5. The molecule has 0 saturated carbocycles. The predicted molar refractivity (Wildman–Crippen MR) is 49.1 cm³/mol. The Bertz CT molecular complexity index is 245. The van der Waals surface area contributed by atoms with Gasteiger partial charge in [0.05, 0.1) is 19.1 Å². The molecule has 7 heteroatoms. The van der Waals surface area contributed by atoms with Crippen molar-refractivity contribution in [2.75, 3.05) is 13.2 Å². The first-order chi connectivity index (χ1) is 7.38. The molecular formula is C9H14F3NO3. The third-order valence-electron chi connectivity index (χ3n) is 2.39. The molecule has 1 fully saturated rings. The highest BCUT2D eigenvalue weighted by Crippen LogP contribution is 2.21. The third kappa shape index (κ3) is 4.80. The summed E-state index contributed by atoms with van der Waals surface area (Å²) in [5.41, 5.74) is 0. The van der Waals surface area contributed by atoms with Crippen LogP contribution in [-0.2, 0) is 9.53 Å². The summed E-state index contributed by atoms with van der Waals surface area (Å²) in [5, 5.41) is 11.5. The fourth-order valence-electron chi connectivity index (χ4n) is 1.56. The number of nitrogens with one attached hydrogen (secondary N) is 1. The lowest BCUT2D eigenvalue weighted by Crippen LogP contribution is -2.46. The number of piperidine rings is 1. The van der Waals surface area contributed by atoms with Gasteiger partial charge in [0.25, 0.3) is 0 Å². The highest BCUT2D eigenvalue weighted by atomic mass is 19.4. The summed E-state index contributed by atoms with van der Waals surface area (Å²) in [7, 11) is 0. The van der Waals surface area contributed by atoms with E-state index in [9.17, 15) is 18.0 Å². The minimum absolute atomic E-state index is 0.215. The number of aliphatic carboxylic acids is 1. The van der Waals surface area contributed by atoms with Crippen molar-refractivity contribution in [3.05, 3.63) is 0 Å². The van der Waals surface area contributed by atoms with Gasteiger partial charge in [-0.05, 0) is 19.4 Å². The van der Waals surface area contributed by atoms with Gasteiger partial charge in [-0.15, -0.1) is 0 Å².